The molecule has 0 aromatic heterocycles. The first kappa shape index (κ1) is 11.4. The van der Waals surface area contributed by atoms with Gasteiger partial charge in [-0.3, -0.25) is 9.59 Å². The molecule has 16 heavy (non-hydrogen) atoms. The van der Waals surface area contributed by atoms with Gasteiger partial charge in [0, 0.05) is 18.5 Å². The van der Waals surface area contributed by atoms with Crippen molar-refractivity contribution < 1.29 is 9.59 Å². The van der Waals surface area contributed by atoms with Gasteiger partial charge in [-0.25, -0.2) is 0 Å². The molecule has 2 fully saturated rings. The standard InChI is InChI=1S/C12H20N2O2/c1-8(2)13-12(16)10-7-6-9-4-3-5-11(15)14(9)10/h8-10H,3-7H2,1-2H3,(H,13,16). The first-order valence-electron chi connectivity index (χ1n) is 6.21. The third-order valence-electron chi connectivity index (χ3n) is 3.45. The Morgan fingerprint density at radius 2 is 2.12 bits per heavy atom. The van der Waals surface area contributed by atoms with Gasteiger partial charge in [0.1, 0.15) is 6.04 Å². The second-order valence-electron chi connectivity index (χ2n) is 5.10. The fourth-order valence-electron chi connectivity index (χ4n) is 2.80. The van der Waals surface area contributed by atoms with Crippen molar-refractivity contribution in [3.05, 3.63) is 0 Å². The van der Waals surface area contributed by atoms with Crippen LogP contribution in [0.5, 0.6) is 0 Å². The summed E-state index contributed by atoms with van der Waals surface area (Å²) in [6.45, 7) is 3.89. The van der Waals surface area contributed by atoms with Crippen LogP contribution in [0.4, 0.5) is 0 Å². The van der Waals surface area contributed by atoms with Gasteiger partial charge in [0.2, 0.25) is 11.8 Å². The van der Waals surface area contributed by atoms with Gasteiger partial charge >= 0.3 is 0 Å². The Bertz CT molecular complexity index is 301. The van der Waals surface area contributed by atoms with Gasteiger partial charge in [0.15, 0.2) is 0 Å². The number of rotatable bonds is 2. The SMILES string of the molecule is CC(C)NC(=O)C1CCC2CCCC(=O)N21. The van der Waals surface area contributed by atoms with Crippen LogP contribution >= 0.6 is 0 Å². The predicted octanol–water partition coefficient (Wildman–Crippen LogP) is 1.05. The molecule has 2 heterocycles. The van der Waals surface area contributed by atoms with E-state index in [2.05, 4.69) is 5.32 Å². The number of nitrogens with one attached hydrogen (secondary N) is 1. The third-order valence-corrected chi connectivity index (χ3v) is 3.45. The average molecular weight is 224 g/mol. The fourth-order valence-corrected chi connectivity index (χ4v) is 2.80. The molecule has 0 aromatic rings. The van der Waals surface area contributed by atoms with Crippen molar-refractivity contribution in [3.63, 3.8) is 0 Å². The Kier molecular flexibility index (Phi) is 3.17. The fraction of sp³-hybridized carbons (Fsp3) is 0.833. The number of carbonyl (C=O) groups excluding carboxylic acids is 2. The molecule has 4 heteroatoms. The summed E-state index contributed by atoms with van der Waals surface area (Å²) in [5.41, 5.74) is 0. The molecular formula is C12H20N2O2. The molecule has 2 aliphatic rings. The molecule has 90 valence electrons. The summed E-state index contributed by atoms with van der Waals surface area (Å²) in [5, 5.41) is 2.91. The molecule has 0 aromatic carbocycles. The molecule has 0 spiro atoms. The minimum Gasteiger partial charge on any atom is -0.352 e. The van der Waals surface area contributed by atoms with E-state index in [9.17, 15) is 9.59 Å². The Morgan fingerprint density at radius 1 is 1.38 bits per heavy atom. The zero-order valence-corrected chi connectivity index (χ0v) is 10.0. The van der Waals surface area contributed by atoms with E-state index in [0.29, 0.717) is 12.5 Å². The van der Waals surface area contributed by atoms with Gasteiger partial charge in [-0.1, -0.05) is 0 Å². The Balaban J connectivity index is 2.05. The number of piperidine rings is 1. The Hall–Kier alpha value is -1.06. The van der Waals surface area contributed by atoms with E-state index >= 15 is 0 Å². The molecule has 2 saturated heterocycles. The van der Waals surface area contributed by atoms with Crippen molar-refractivity contribution in [2.24, 2.45) is 0 Å². The van der Waals surface area contributed by atoms with Crippen LogP contribution in [0.2, 0.25) is 0 Å². The van der Waals surface area contributed by atoms with Crippen LogP contribution in [0, 0.1) is 0 Å². The Morgan fingerprint density at radius 3 is 2.81 bits per heavy atom. The molecule has 0 aliphatic carbocycles. The van der Waals surface area contributed by atoms with Crippen molar-refractivity contribution in [3.8, 4) is 0 Å². The van der Waals surface area contributed by atoms with Crippen LogP contribution in [0.1, 0.15) is 46.0 Å². The van der Waals surface area contributed by atoms with Crippen molar-refractivity contribution in [1.29, 1.82) is 0 Å². The number of fused-ring (bicyclic) bond motifs is 1. The maximum atomic E-state index is 12.0. The summed E-state index contributed by atoms with van der Waals surface area (Å²) in [7, 11) is 0. The van der Waals surface area contributed by atoms with Gasteiger partial charge < -0.3 is 10.2 Å². The van der Waals surface area contributed by atoms with Crippen LogP contribution in [0.3, 0.4) is 0 Å². The predicted molar refractivity (Wildman–Crippen MR) is 60.8 cm³/mol. The van der Waals surface area contributed by atoms with E-state index in [4.69, 9.17) is 0 Å². The number of carbonyl (C=O) groups is 2. The third kappa shape index (κ3) is 2.06. The van der Waals surface area contributed by atoms with E-state index in [1.54, 1.807) is 0 Å². The highest BCUT2D eigenvalue weighted by Gasteiger charge is 2.42. The van der Waals surface area contributed by atoms with E-state index in [0.717, 1.165) is 25.7 Å². The molecule has 0 saturated carbocycles. The molecule has 0 radical (unpaired) electrons. The zero-order chi connectivity index (χ0) is 11.7. The van der Waals surface area contributed by atoms with Crippen molar-refractivity contribution >= 4 is 11.8 Å². The summed E-state index contributed by atoms with van der Waals surface area (Å²) < 4.78 is 0. The molecule has 2 unspecified atom stereocenters. The molecule has 2 rings (SSSR count). The molecule has 4 nitrogen and oxygen atoms in total. The highest BCUT2D eigenvalue weighted by atomic mass is 16.2. The largest absolute Gasteiger partial charge is 0.352 e. The average Bonchev–Trinajstić information content (AvgIpc) is 2.61. The van der Waals surface area contributed by atoms with Crippen LogP contribution < -0.4 is 5.32 Å². The normalized spacial score (nSPS) is 29.4. The smallest absolute Gasteiger partial charge is 0.243 e. The topological polar surface area (TPSA) is 49.4 Å². The first-order chi connectivity index (χ1) is 7.59. The molecule has 2 amide bonds. The van der Waals surface area contributed by atoms with Gasteiger partial charge in [-0.15, -0.1) is 0 Å². The Labute approximate surface area is 96.4 Å². The lowest BCUT2D eigenvalue weighted by molar-refractivity contribution is -0.142. The van der Waals surface area contributed by atoms with Crippen molar-refractivity contribution in [2.75, 3.05) is 0 Å². The maximum absolute atomic E-state index is 12.0. The molecular weight excluding hydrogens is 204 g/mol. The zero-order valence-electron chi connectivity index (χ0n) is 10.0. The summed E-state index contributed by atoms with van der Waals surface area (Å²) in [4.78, 5) is 25.6. The van der Waals surface area contributed by atoms with E-state index in [1.807, 2.05) is 18.7 Å². The molecule has 2 aliphatic heterocycles. The van der Waals surface area contributed by atoms with Crippen LogP contribution in [0.25, 0.3) is 0 Å². The maximum Gasteiger partial charge on any atom is 0.243 e. The van der Waals surface area contributed by atoms with Gasteiger partial charge in [-0.2, -0.15) is 0 Å². The highest BCUT2D eigenvalue weighted by Crippen LogP contribution is 2.32. The van der Waals surface area contributed by atoms with Gasteiger partial charge in [0.05, 0.1) is 0 Å². The highest BCUT2D eigenvalue weighted by molar-refractivity contribution is 5.89. The number of amides is 2. The van der Waals surface area contributed by atoms with E-state index in [-0.39, 0.29) is 23.9 Å². The lowest BCUT2D eigenvalue weighted by Gasteiger charge is -2.33. The van der Waals surface area contributed by atoms with Crippen LogP contribution in [-0.4, -0.2) is 34.8 Å². The van der Waals surface area contributed by atoms with Crippen LogP contribution in [0.15, 0.2) is 0 Å². The van der Waals surface area contributed by atoms with Gasteiger partial charge in [-0.05, 0) is 39.5 Å². The van der Waals surface area contributed by atoms with E-state index in [1.165, 1.54) is 0 Å². The number of hydrogen-bond donors (Lipinski definition) is 1. The molecule has 0 bridgehead atoms. The van der Waals surface area contributed by atoms with Crippen LogP contribution in [-0.2, 0) is 9.59 Å². The van der Waals surface area contributed by atoms with Crippen molar-refractivity contribution in [2.45, 2.75) is 64.1 Å². The summed E-state index contributed by atoms with van der Waals surface area (Å²) >= 11 is 0. The summed E-state index contributed by atoms with van der Waals surface area (Å²) in [6.07, 6.45) is 4.48. The summed E-state index contributed by atoms with van der Waals surface area (Å²) in [6, 6.07) is 0.260. The summed E-state index contributed by atoms with van der Waals surface area (Å²) in [5.74, 6) is 0.186. The van der Waals surface area contributed by atoms with Crippen molar-refractivity contribution in [1.82, 2.24) is 10.2 Å². The number of nitrogens with zero attached hydrogens (tertiary/aromatic N) is 1. The number of hydrogen-bond acceptors (Lipinski definition) is 2. The van der Waals surface area contributed by atoms with E-state index < -0.39 is 0 Å². The lowest BCUT2D eigenvalue weighted by atomic mass is 10.0. The molecule has 1 N–H and O–H groups in total. The molecule has 2 atom stereocenters. The minimum absolute atomic E-state index is 0.0211. The quantitative estimate of drug-likeness (QED) is 0.762. The monoisotopic (exact) mass is 224 g/mol. The first-order valence-corrected chi connectivity index (χ1v) is 6.21. The lowest BCUT2D eigenvalue weighted by Crippen LogP contribution is -2.51. The second kappa shape index (κ2) is 4.44. The minimum atomic E-state index is -0.208. The van der Waals surface area contributed by atoms with Gasteiger partial charge in [0.25, 0.3) is 0 Å². The second-order valence-corrected chi connectivity index (χ2v) is 5.10.